The summed E-state index contributed by atoms with van der Waals surface area (Å²) < 4.78 is 31.5. The third kappa shape index (κ3) is 2.43. The van der Waals surface area contributed by atoms with Gasteiger partial charge in [-0.15, -0.1) is 0 Å². The maximum atomic E-state index is 12.8. The molecule has 1 aromatic carbocycles. The summed E-state index contributed by atoms with van der Waals surface area (Å²) in [6.45, 7) is 0.541. The average Bonchev–Trinajstić information content (AvgIpc) is 2.15. The van der Waals surface area contributed by atoms with E-state index in [0.29, 0.717) is 6.61 Å². The molecule has 88 valence electrons. The zero-order valence-corrected chi connectivity index (χ0v) is 10.6. The molecular weight excluding hydrogens is 278 g/mol. The van der Waals surface area contributed by atoms with Crippen molar-refractivity contribution in [2.45, 2.75) is 31.3 Å². The summed E-state index contributed by atoms with van der Waals surface area (Å²) in [5, 5.41) is 0. The lowest BCUT2D eigenvalue weighted by molar-refractivity contribution is -0.0868. The van der Waals surface area contributed by atoms with Gasteiger partial charge in [0.05, 0.1) is 6.61 Å². The first-order valence-corrected chi connectivity index (χ1v) is 5.96. The van der Waals surface area contributed by atoms with Crippen molar-refractivity contribution in [2.75, 3.05) is 7.11 Å². The molecule has 0 aliphatic heterocycles. The normalized spacial score (nSPS) is 19.5. The van der Waals surface area contributed by atoms with Crippen LogP contribution in [0.3, 0.4) is 0 Å². The van der Waals surface area contributed by atoms with Gasteiger partial charge in [-0.3, -0.25) is 0 Å². The fourth-order valence-corrected chi connectivity index (χ4v) is 2.79. The van der Waals surface area contributed by atoms with E-state index >= 15 is 0 Å². The number of methoxy groups -OCH3 is 1. The van der Waals surface area contributed by atoms with E-state index < -0.39 is 5.92 Å². The Morgan fingerprint density at radius 3 is 2.62 bits per heavy atom. The number of halogens is 3. The summed E-state index contributed by atoms with van der Waals surface area (Å²) in [5.41, 5.74) is 2.02. The highest BCUT2D eigenvalue weighted by atomic mass is 79.9. The van der Waals surface area contributed by atoms with Crippen LogP contribution in [0, 0.1) is 0 Å². The average molecular weight is 291 g/mol. The molecule has 1 aromatic rings. The minimum Gasteiger partial charge on any atom is -0.380 e. The van der Waals surface area contributed by atoms with Gasteiger partial charge in [-0.1, -0.05) is 28.1 Å². The van der Waals surface area contributed by atoms with Crippen LogP contribution in [0.4, 0.5) is 8.78 Å². The first kappa shape index (κ1) is 12.0. The summed E-state index contributed by atoms with van der Waals surface area (Å²) in [7, 11) is 1.63. The maximum absolute atomic E-state index is 12.8. The van der Waals surface area contributed by atoms with Crippen molar-refractivity contribution in [3.63, 3.8) is 0 Å². The van der Waals surface area contributed by atoms with E-state index in [1.807, 2.05) is 18.2 Å². The number of alkyl halides is 2. The minimum absolute atomic E-state index is 0.0130. The molecule has 0 radical (unpaired) electrons. The van der Waals surface area contributed by atoms with Crippen LogP contribution >= 0.6 is 15.9 Å². The summed E-state index contributed by atoms with van der Waals surface area (Å²) in [5.74, 6) is -2.48. The molecule has 1 aliphatic rings. The maximum Gasteiger partial charge on any atom is 0.249 e. The Balaban J connectivity index is 2.12. The standard InChI is InChI=1S/C12H13BrF2O/c1-16-7-8-2-3-10(11(13)4-8)9-5-12(14,15)6-9/h2-4,9H,5-7H2,1H3. The second-order valence-electron chi connectivity index (χ2n) is 4.25. The summed E-state index contributed by atoms with van der Waals surface area (Å²) in [4.78, 5) is 0. The summed E-state index contributed by atoms with van der Waals surface area (Å²) in [6, 6.07) is 5.79. The van der Waals surface area contributed by atoms with Gasteiger partial charge in [-0.2, -0.15) is 0 Å². The molecule has 1 fully saturated rings. The molecule has 1 nitrogen and oxygen atoms in total. The molecule has 0 bridgehead atoms. The Labute approximate surface area is 102 Å². The number of hydrogen-bond donors (Lipinski definition) is 0. The molecule has 1 aliphatic carbocycles. The van der Waals surface area contributed by atoms with E-state index in [1.54, 1.807) is 7.11 Å². The topological polar surface area (TPSA) is 9.23 Å². The lowest BCUT2D eigenvalue weighted by atomic mass is 9.76. The van der Waals surface area contributed by atoms with Crippen LogP contribution in [0.1, 0.15) is 29.9 Å². The van der Waals surface area contributed by atoms with Gasteiger partial charge in [0.25, 0.3) is 0 Å². The predicted molar refractivity (Wildman–Crippen MR) is 61.8 cm³/mol. The molecule has 0 aromatic heterocycles. The Kier molecular flexibility index (Phi) is 3.31. The minimum atomic E-state index is -2.46. The van der Waals surface area contributed by atoms with Crippen LogP contribution in [0.25, 0.3) is 0 Å². The number of rotatable bonds is 3. The zero-order chi connectivity index (χ0) is 11.8. The molecule has 2 rings (SSSR count). The predicted octanol–water partition coefficient (Wildman–Crippen LogP) is 4.11. The fourth-order valence-electron chi connectivity index (χ4n) is 2.04. The summed E-state index contributed by atoms with van der Waals surface area (Å²) in [6.07, 6.45) is -0.0650. The van der Waals surface area contributed by atoms with Crippen molar-refractivity contribution >= 4 is 15.9 Å². The number of benzene rings is 1. The first-order valence-electron chi connectivity index (χ1n) is 5.17. The smallest absolute Gasteiger partial charge is 0.249 e. The van der Waals surface area contributed by atoms with Crippen molar-refractivity contribution < 1.29 is 13.5 Å². The number of ether oxygens (including phenoxy) is 1. The number of hydrogen-bond acceptors (Lipinski definition) is 1. The van der Waals surface area contributed by atoms with E-state index in [-0.39, 0.29) is 18.8 Å². The first-order chi connectivity index (χ1) is 7.52. The Morgan fingerprint density at radius 1 is 1.44 bits per heavy atom. The molecule has 0 unspecified atom stereocenters. The molecule has 0 N–H and O–H groups in total. The lowest BCUT2D eigenvalue weighted by Crippen LogP contribution is -2.33. The van der Waals surface area contributed by atoms with E-state index in [4.69, 9.17) is 4.74 Å². The highest BCUT2D eigenvalue weighted by Crippen LogP contribution is 2.49. The SMILES string of the molecule is COCc1ccc(C2CC(F)(F)C2)c(Br)c1. The van der Waals surface area contributed by atoms with Gasteiger partial charge >= 0.3 is 0 Å². The van der Waals surface area contributed by atoms with Crippen molar-refractivity contribution in [1.29, 1.82) is 0 Å². The van der Waals surface area contributed by atoms with Gasteiger partial charge in [0.2, 0.25) is 5.92 Å². The van der Waals surface area contributed by atoms with Crippen LogP contribution in [0.15, 0.2) is 22.7 Å². The van der Waals surface area contributed by atoms with Gasteiger partial charge in [0, 0.05) is 24.4 Å². The zero-order valence-electron chi connectivity index (χ0n) is 8.97. The van der Waals surface area contributed by atoms with Crippen molar-refractivity contribution in [2.24, 2.45) is 0 Å². The molecule has 0 saturated heterocycles. The lowest BCUT2D eigenvalue weighted by Gasteiger charge is -2.35. The Bertz CT molecular complexity index is 385. The molecule has 0 spiro atoms. The van der Waals surface area contributed by atoms with Crippen LogP contribution in [0.5, 0.6) is 0 Å². The van der Waals surface area contributed by atoms with E-state index in [9.17, 15) is 8.78 Å². The van der Waals surface area contributed by atoms with Crippen molar-refractivity contribution in [3.05, 3.63) is 33.8 Å². The quantitative estimate of drug-likeness (QED) is 0.814. The van der Waals surface area contributed by atoms with Crippen LogP contribution < -0.4 is 0 Å². The van der Waals surface area contributed by atoms with Crippen molar-refractivity contribution in [3.8, 4) is 0 Å². The van der Waals surface area contributed by atoms with E-state index in [0.717, 1.165) is 15.6 Å². The molecular formula is C12H13BrF2O. The van der Waals surface area contributed by atoms with Gasteiger partial charge in [0.1, 0.15) is 0 Å². The van der Waals surface area contributed by atoms with Gasteiger partial charge < -0.3 is 4.74 Å². The van der Waals surface area contributed by atoms with Gasteiger partial charge in [0.15, 0.2) is 0 Å². The fraction of sp³-hybridized carbons (Fsp3) is 0.500. The molecule has 16 heavy (non-hydrogen) atoms. The highest BCUT2D eigenvalue weighted by Gasteiger charge is 2.46. The second kappa shape index (κ2) is 4.41. The van der Waals surface area contributed by atoms with Crippen LogP contribution in [-0.4, -0.2) is 13.0 Å². The molecule has 4 heteroatoms. The molecule has 0 amide bonds. The monoisotopic (exact) mass is 290 g/mol. The molecule has 0 atom stereocenters. The third-order valence-corrected chi connectivity index (χ3v) is 3.59. The van der Waals surface area contributed by atoms with Gasteiger partial charge in [-0.05, 0) is 23.1 Å². The van der Waals surface area contributed by atoms with E-state index in [2.05, 4.69) is 15.9 Å². The second-order valence-corrected chi connectivity index (χ2v) is 5.10. The van der Waals surface area contributed by atoms with Crippen molar-refractivity contribution in [1.82, 2.24) is 0 Å². The molecule has 0 heterocycles. The largest absolute Gasteiger partial charge is 0.380 e. The van der Waals surface area contributed by atoms with E-state index in [1.165, 1.54) is 0 Å². The van der Waals surface area contributed by atoms with Gasteiger partial charge in [-0.25, -0.2) is 8.78 Å². The Hall–Kier alpha value is -0.480. The Morgan fingerprint density at radius 2 is 2.12 bits per heavy atom. The van der Waals surface area contributed by atoms with Crippen LogP contribution in [0.2, 0.25) is 0 Å². The third-order valence-electron chi connectivity index (χ3n) is 2.91. The summed E-state index contributed by atoms with van der Waals surface area (Å²) >= 11 is 3.43. The van der Waals surface area contributed by atoms with Crippen LogP contribution in [-0.2, 0) is 11.3 Å². The molecule has 1 saturated carbocycles. The highest BCUT2D eigenvalue weighted by molar-refractivity contribution is 9.10.